The van der Waals surface area contributed by atoms with Gasteiger partial charge in [-0.15, -0.1) is 0 Å². The van der Waals surface area contributed by atoms with E-state index in [1.807, 2.05) is 30.4 Å². The second kappa shape index (κ2) is 38.5. The number of carbonyl (C=O) groups excluding carboxylic acids is 2. The van der Waals surface area contributed by atoms with E-state index in [1.165, 1.54) is 77.0 Å². The lowest BCUT2D eigenvalue weighted by molar-refractivity contribution is -0.161. The molecule has 51 heavy (non-hydrogen) atoms. The fourth-order valence-electron chi connectivity index (χ4n) is 5.44. The highest BCUT2D eigenvalue weighted by molar-refractivity contribution is 5.70. The van der Waals surface area contributed by atoms with Gasteiger partial charge < -0.3 is 19.7 Å². The fraction of sp³-hybridized carbons (Fsp3) is 0.689. The number of ether oxygens (including phenoxy) is 2. The predicted octanol–water partition coefficient (Wildman–Crippen LogP) is 11.8. The van der Waals surface area contributed by atoms with Crippen LogP contribution in [-0.4, -0.2) is 47.6 Å². The SMILES string of the molecule is CC/C=C\CC(O)/C=C/C=C/C/C=C\C/C=C\C/C=C\CCC(=O)O[C@@H](CO)COC(=O)CCCCCCCCCCCCCCCCC(C)C. The lowest BCUT2D eigenvalue weighted by Gasteiger charge is -2.15. The van der Waals surface area contributed by atoms with Crippen LogP contribution in [-0.2, 0) is 19.1 Å². The van der Waals surface area contributed by atoms with Crippen molar-refractivity contribution in [2.75, 3.05) is 13.2 Å². The summed E-state index contributed by atoms with van der Waals surface area (Å²) in [6, 6.07) is 0. The number of hydrogen-bond donors (Lipinski definition) is 2. The van der Waals surface area contributed by atoms with Crippen LogP contribution in [0.1, 0.15) is 168 Å². The first-order chi connectivity index (χ1) is 24.9. The van der Waals surface area contributed by atoms with Gasteiger partial charge in [-0.3, -0.25) is 9.59 Å². The van der Waals surface area contributed by atoms with E-state index < -0.39 is 18.2 Å². The summed E-state index contributed by atoms with van der Waals surface area (Å²) in [5.74, 6) is 0.131. The zero-order valence-corrected chi connectivity index (χ0v) is 32.9. The maximum Gasteiger partial charge on any atom is 0.306 e. The van der Waals surface area contributed by atoms with Crippen LogP contribution in [0.25, 0.3) is 0 Å². The van der Waals surface area contributed by atoms with E-state index in [0.717, 1.165) is 50.9 Å². The van der Waals surface area contributed by atoms with E-state index >= 15 is 0 Å². The molecule has 0 radical (unpaired) electrons. The van der Waals surface area contributed by atoms with Crippen molar-refractivity contribution >= 4 is 11.9 Å². The molecule has 0 saturated carbocycles. The van der Waals surface area contributed by atoms with Crippen LogP contribution in [0, 0.1) is 5.92 Å². The first-order valence-corrected chi connectivity index (χ1v) is 20.5. The Labute approximate surface area is 313 Å². The standard InChI is InChI=1S/C45H76O6/c1-4-5-29-35-42(47)36-31-26-22-18-14-10-8-12-16-20-24-28-33-38-45(49)51-43(39-46)40-50-44(48)37-32-27-23-19-15-11-7-6-9-13-17-21-25-30-34-41(2)3/h5,10,12,14,16,22,24,26,28-29,31,36,41-43,46-47H,4,6-9,11,13,15,17-21,23,25,27,30,32-35,37-40H2,1-3H3/b14-10-,16-12-,26-22+,28-24-,29-5-,36-31+/t42?,43-/m0/s1. The smallest absolute Gasteiger partial charge is 0.306 e. The molecule has 0 bridgehead atoms. The van der Waals surface area contributed by atoms with Gasteiger partial charge in [0, 0.05) is 12.8 Å². The Hall–Kier alpha value is -2.70. The predicted molar refractivity (Wildman–Crippen MR) is 215 cm³/mol. The van der Waals surface area contributed by atoms with E-state index in [9.17, 15) is 19.8 Å². The molecule has 0 aliphatic carbocycles. The summed E-state index contributed by atoms with van der Waals surface area (Å²) in [7, 11) is 0. The van der Waals surface area contributed by atoms with Crippen molar-refractivity contribution in [3.63, 3.8) is 0 Å². The summed E-state index contributed by atoms with van der Waals surface area (Å²) in [6.07, 6.45) is 47.3. The lowest BCUT2D eigenvalue weighted by atomic mass is 10.0. The number of esters is 2. The molecule has 0 aromatic heterocycles. The third-order valence-electron chi connectivity index (χ3n) is 8.54. The van der Waals surface area contributed by atoms with Crippen molar-refractivity contribution in [2.45, 2.75) is 181 Å². The fourth-order valence-corrected chi connectivity index (χ4v) is 5.44. The topological polar surface area (TPSA) is 93.1 Å². The van der Waals surface area contributed by atoms with Gasteiger partial charge >= 0.3 is 11.9 Å². The average Bonchev–Trinajstić information content (AvgIpc) is 3.11. The van der Waals surface area contributed by atoms with Crippen molar-refractivity contribution in [2.24, 2.45) is 5.92 Å². The van der Waals surface area contributed by atoms with Crippen LogP contribution >= 0.6 is 0 Å². The summed E-state index contributed by atoms with van der Waals surface area (Å²) < 4.78 is 10.5. The Bertz CT molecular complexity index is 973. The molecule has 6 nitrogen and oxygen atoms in total. The molecule has 0 aliphatic heterocycles. The van der Waals surface area contributed by atoms with Crippen LogP contribution in [0.5, 0.6) is 0 Å². The molecule has 0 fully saturated rings. The van der Waals surface area contributed by atoms with Gasteiger partial charge in [-0.05, 0) is 50.9 Å². The number of aliphatic hydroxyl groups excluding tert-OH is 2. The minimum Gasteiger partial charge on any atom is -0.462 e. The highest BCUT2D eigenvalue weighted by atomic mass is 16.6. The molecule has 1 unspecified atom stereocenters. The third-order valence-corrected chi connectivity index (χ3v) is 8.54. The summed E-state index contributed by atoms with van der Waals surface area (Å²) in [6.45, 7) is 6.21. The van der Waals surface area contributed by atoms with Crippen molar-refractivity contribution in [3.05, 3.63) is 72.9 Å². The number of unbranched alkanes of at least 4 members (excludes halogenated alkanes) is 13. The molecule has 6 heteroatoms. The Balaban J connectivity index is 3.73. The van der Waals surface area contributed by atoms with Crippen LogP contribution < -0.4 is 0 Å². The van der Waals surface area contributed by atoms with Gasteiger partial charge in [0.25, 0.3) is 0 Å². The monoisotopic (exact) mass is 713 g/mol. The molecule has 0 saturated heterocycles. The zero-order valence-electron chi connectivity index (χ0n) is 32.9. The molecule has 0 amide bonds. The molecule has 0 spiro atoms. The average molecular weight is 713 g/mol. The van der Waals surface area contributed by atoms with Crippen molar-refractivity contribution in [1.82, 2.24) is 0 Å². The van der Waals surface area contributed by atoms with Crippen LogP contribution in [0.15, 0.2) is 72.9 Å². The normalized spacial score (nSPS) is 13.7. The van der Waals surface area contributed by atoms with Crippen LogP contribution in [0.4, 0.5) is 0 Å². The van der Waals surface area contributed by atoms with Gasteiger partial charge in [0.2, 0.25) is 0 Å². The highest BCUT2D eigenvalue weighted by Crippen LogP contribution is 2.15. The Morgan fingerprint density at radius 3 is 1.69 bits per heavy atom. The minimum atomic E-state index is -0.825. The molecule has 2 N–H and O–H groups in total. The molecule has 0 rings (SSSR count). The van der Waals surface area contributed by atoms with Gasteiger partial charge in [-0.1, -0.05) is 184 Å². The van der Waals surface area contributed by atoms with E-state index in [-0.39, 0.29) is 25.6 Å². The van der Waals surface area contributed by atoms with Crippen molar-refractivity contribution < 1.29 is 29.3 Å². The molecule has 0 aliphatic rings. The maximum absolute atomic E-state index is 12.1. The molecule has 292 valence electrons. The molecule has 0 aromatic rings. The maximum atomic E-state index is 12.1. The third kappa shape index (κ3) is 38.4. The number of aliphatic hydroxyl groups is 2. The molecule has 0 aromatic carbocycles. The first kappa shape index (κ1) is 48.3. The molecular formula is C45H76O6. The summed E-state index contributed by atoms with van der Waals surface area (Å²) in [4.78, 5) is 24.3. The largest absolute Gasteiger partial charge is 0.462 e. The van der Waals surface area contributed by atoms with Gasteiger partial charge in [0.1, 0.15) is 6.61 Å². The van der Waals surface area contributed by atoms with Gasteiger partial charge in [0.15, 0.2) is 6.10 Å². The Kier molecular flexibility index (Phi) is 36.5. The van der Waals surface area contributed by atoms with E-state index in [1.54, 1.807) is 6.08 Å². The summed E-state index contributed by atoms with van der Waals surface area (Å²) in [5.41, 5.74) is 0. The zero-order chi connectivity index (χ0) is 37.5. The second-order valence-corrected chi connectivity index (χ2v) is 14.0. The number of rotatable bonds is 35. The van der Waals surface area contributed by atoms with Gasteiger partial charge in [-0.25, -0.2) is 0 Å². The first-order valence-electron chi connectivity index (χ1n) is 20.5. The lowest BCUT2D eigenvalue weighted by Crippen LogP contribution is -2.28. The van der Waals surface area contributed by atoms with Gasteiger partial charge in [0.05, 0.1) is 12.7 Å². The second-order valence-electron chi connectivity index (χ2n) is 14.0. The number of carbonyl (C=O) groups is 2. The number of hydrogen-bond acceptors (Lipinski definition) is 6. The van der Waals surface area contributed by atoms with Crippen LogP contribution in [0.3, 0.4) is 0 Å². The Morgan fingerprint density at radius 2 is 1.14 bits per heavy atom. The quantitative estimate of drug-likeness (QED) is 0.0294. The van der Waals surface area contributed by atoms with E-state index in [2.05, 4.69) is 57.2 Å². The van der Waals surface area contributed by atoms with E-state index in [0.29, 0.717) is 19.3 Å². The molecular weight excluding hydrogens is 636 g/mol. The number of allylic oxidation sites excluding steroid dienone is 10. The minimum absolute atomic E-state index is 0.108. The highest BCUT2D eigenvalue weighted by Gasteiger charge is 2.15. The molecule has 0 heterocycles. The summed E-state index contributed by atoms with van der Waals surface area (Å²) in [5, 5.41) is 19.4. The molecule has 2 atom stereocenters. The van der Waals surface area contributed by atoms with Crippen LogP contribution in [0.2, 0.25) is 0 Å². The Morgan fingerprint density at radius 1 is 0.608 bits per heavy atom. The van der Waals surface area contributed by atoms with E-state index in [4.69, 9.17) is 9.47 Å². The van der Waals surface area contributed by atoms with Gasteiger partial charge in [-0.2, -0.15) is 0 Å². The van der Waals surface area contributed by atoms with Crippen molar-refractivity contribution in [1.29, 1.82) is 0 Å². The van der Waals surface area contributed by atoms with Crippen molar-refractivity contribution in [3.8, 4) is 0 Å². The summed E-state index contributed by atoms with van der Waals surface area (Å²) >= 11 is 0.